The van der Waals surface area contributed by atoms with E-state index in [0.717, 1.165) is 12.1 Å². The zero-order chi connectivity index (χ0) is 21.4. The summed E-state index contributed by atoms with van der Waals surface area (Å²) in [7, 11) is 0. The molecule has 4 nitrogen and oxygen atoms in total. The molecule has 1 fully saturated rings. The minimum absolute atomic E-state index is 0.0738. The molecule has 8 heteroatoms. The Morgan fingerprint density at radius 1 is 1.24 bits per heavy atom. The highest BCUT2D eigenvalue weighted by Crippen LogP contribution is 2.60. The molecule has 1 aromatic heterocycles. The third kappa shape index (κ3) is 3.72. The van der Waals surface area contributed by atoms with Crippen LogP contribution in [-0.2, 0) is 4.79 Å². The number of aromatic nitrogens is 2. The van der Waals surface area contributed by atoms with Crippen molar-refractivity contribution in [3.63, 3.8) is 0 Å². The maximum atomic E-state index is 14.2. The monoisotopic (exact) mass is 409 g/mol. The molecule has 0 unspecified atom stereocenters. The summed E-state index contributed by atoms with van der Waals surface area (Å²) in [6.07, 6.45) is 0.00449. The van der Waals surface area contributed by atoms with Crippen LogP contribution in [0.2, 0.25) is 0 Å². The van der Waals surface area contributed by atoms with E-state index in [1.54, 1.807) is 13.0 Å². The van der Waals surface area contributed by atoms with Gasteiger partial charge in [0.25, 0.3) is 6.43 Å². The van der Waals surface area contributed by atoms with Crippen LogP contribution in [-0.4, -0.2) is 29.1 Å². The van der Waals surface area contributed by atoms with Crippen molar-refractivity contribution in [3.05, 3.63) is 47.7 Å². The third-order valence-corrected chi connectivity index (χ3v) is 6.44. The maximum absolute atomic E-state index is 14.2. The van der Waals surface area contributed by atoms with Gasteiger partial charge < -0.3 is 5.32 Å². The summed E-state index contributed by atoms with van der Waals surface area (Å²) in [5.41, 5.74) is -0.959. The largest absolute Gasteiger partial charge is 0.350 e. The fourth-order valence-electron chi connectivity index (χ4n) is 4.29. The van der Waals surface area contributed by atoms with Gasteiger partial charge in [-0.3, -0.25) is 4.79 Å². The van der Waals surface area contributed by atoms with Crippen LogP contribution < -0.4 is 5.32 Å². The van der Waals surface area contributed by atoms with E-state index < -0.39 is 41.3 Å². The number of carbonyl (C=O) groups is 1. The standard InChI is InChI=1S/C21H23F4N3O/c1-20(2)13(7-8-21(20,3)19(29)26-11-17(24)25)12-9-16(28-27-10-12)18-14(22)5-4-6-15(18)23/h4-6,9-10,13,17H,7-8,11H2,1-3H3,(H,26,29)/t13-,21-/m1/s1. The van der Waals surface area contributed by atoms with Gasteiger partial charge in [-0.15, -0.1) is 0 Å². The number of nitrogens with zero attached hydrogens (tertiary/aromatic N) is 2. The van der Waals surface area contributed by atoms with Crippen LogP contribution in [0.15, 0.2) is 30.5 Å². The second-order valence-corrected chi connectivity index (χ2v) is 8.22. The van der Waals surface area contributed by atoms with Gasteiger partial charge in [0.1, 0.15) is 11.6 Å². The van der Waals surface area contributed by atoms with Crippen LogP contribution in [0, 0.1) is 22.5 Å². The fraction of sp³-hybridized carbons (Fsp3) is 0.476. The van der Waals surface area contributed by atoms with E-state index in [0.29, 0.717) is 18.4 Å². The maximum Gasteiger partial charge on any atom is 0.255 e. The first kappa shape index (κ1) is 21.2. The number of rotatable bonds is 5. The molecule has 1 N–H and O–H groups in total. The van der Waals surface area contributed by atoms with Gasteiger partial charge in [-0.2, -0.15) is 10.2 Å². The molecule has 0 saturated heterocycles. The highest BCUT2D eigenvalue weighted by Gasteiger charge is 2.56. The minimum atomic E-state index is -2.62. The van der Waals surface area contributed by atoms with E-state index in [4.69, 9.17) is 0 Å². The van der Waals surface area contributed by atoms with E-state index in [1.807, 2.05) is 13.8 Å². The SMILES string of the molecule is CC1(C)[C@@H](c2cnnc(-c3c(F)cccc3F)c2)CC[C@]1(C)C(=O)NCC(F)F. The van der Waals surface area contributed by atoms with Gasteiger partial charge in [0.2, 0.25) is 5.91 Å². The van der Waals surface area contributed by atoms with Crippen LogP contribution >= 0.6 is 0 Å². The molecule has 0 aliphatic heterocycles. The van der Waals surface area contributed by atoms with Crippen molar-refractivity contribution in [1.29, 1.82) is 0 Å². The normalized spacial score (nSPS) is 23.4. The number of hydrogen-bond acceptors (Lipinski definition) is 3. The average Bonchev–Trinajstić information content (AvgIpc) is 2.90. The molecule has 156 valence electrons. The molecule has 1 saturated carbocycles. The van der Waals surface area contributed by atoms with Crippen molar-refractivity contribution >= 4 is 5.91 Å². The molecule has 1 aromatic carbocycles. The topological polar surface area (TPSA) is 54.9 Å². The van der Waals surface area contributed by atoms with Crippen molar-refractivity contribution in [2.24, 2.45) is 10.8 Å². The second kappa shape index (κ2) is 7.72. The summed E-state index contributed by atoms with van der Waals surface area (Å²) in [5.74, 6) is -2.06. The number of benzene rings is 1. The van der Waals surface area contributed by atoms with Crippen LogP contribution in [0.5, 0.6) is 0 Å². The van der Waals surface area contributed by atoms with Crippen LogP contribution in [0.25, 0.3) is 11.3 Å². The van der Waals surface area contributed by atoms with E-state index in [-0.39, 0.29) is 17.2 Å². The van der Waals surface area contributed by atoms with E-state index >= 15 is 0 Å². The smallest absolute Gasteiger partial charge is 0.255 e. The molecule has 0 radical (unpaired) electrons. The number of nitrogens with one attached hydrogen (secondary N) is 1. The minimum Gasteiger partial charge on any atom is -0.350 e. The lowest BCUT2D eigenvalue weighted by atomic mass is 9.64. The number of hydrogen-bond donors (Lipinski definition) is 1. The molecule has 0 spiro atoms. The first-order valence-electron chi connectivity index (χ1n) is 9.41. The molecule has 0 bridgehead atoms. The number of amides is 1. The Bertz CT molecular complexity index is 898. The Morgan fingerprint density at radius 2 is 1.90 bits per heavy atom. The van der Waals surface area contributed by atoms with Gasteiger partial charge in [0, 0.05) is 0 Å². The van der Waals surface area contributed by atoms with Crippen molar-refractivity contribution in [2.45, 2.75) is 46.0 Å². The fourth-order valence-corrected chi connectivity index (χ4v) is 4.29. The molecule has 1 aliphatic carbocycles. The molecule has 2 aromatic rings. The molecule has 2 atom stereocenters. The number of carbonyl (C=O) groups excluding carboxylic acids is 1. The van der Waals surface area contributed by atoms with Gasteiger partial charge in [0.05, 0.1) is 29.4 Å². The average molecular weight is 409 g/mol. The molecular formula is C21H23F4N3O. The lowest BCUT2D eigenvalue weighted by Crippen LogP contribution is -2.47. The van der Waals surface area contributed by atoms with Gasteiger partial charge in [0.15, 0.2) is 0 Å². The Morgan fingerprint density at radius 3 is 2.52 bits per heavy atom. The van der Waals surface area contributed by atoms with Gasteiger partial charge in [-0.1, -0.05) is 26.8 Å². The number of halogens is 4. The Balaban J connectivity index is 1.93. The van der Waals surface area contributed by atoms with Gasteiger partial charge in [-0.05, 0) is 47.9 Å². The summed E-state index contributed by atoms with van der Waals surface area (Å²) in [4.78, 5) is 12.7. The lowest BCUT2D eigenvalue weighted by Gasteiger charge is -2.40. The van der Waals surface area contributed by atoms with Gasteiger partial charge >= 0.3 is 0 Å². The molecule has 1 heterocycles. The second-order valence-electron chi connectivity index (χ2n) is 8.22. The van der Waals surface area contributed by atoms with E-state index in [1.165, 1.54) is 12.3 Å². The number of alkyl halides is 2. The summed E-state index contributed by atoms with van der Waals surface area (Å²) in [6, 6.07) is 5.16. The van der Waals surface area contributed by atoms with Crippen LogP contribution in [0.1, 0.15) is 45.1 Å². The molecule has 29 heavy (non-hydrogen) atoms. The molecule has 1 aliphatic rings. The van der Waals surface area contributed by atoms with E-state index in [2.05, 4.69) is 15.5 Å². The molecule has 1 amide bonds. The predicted octanol–water partition coefficient (Wildman–Crippen LogP) is 4.71. The van der Waals surface area contributed by atoms with E-state index in [9.17, 15) is 22.4 Å². The van der Waals surface area contributed by atoms with Crippen LogP contribution in [0.3, 0.4) is 0 Å². The van der Waals surface area contributed by atoms with Crippen molar-refractivity contribution in [1.82, 2.24) is 15.5 Å². The lowest BCUT2D eigenvalue weighted by molar-refractivity contribution is -0.136. The van der Waals surface area contributed by atoms with Crippen molar-refractivity contribution < 1.29 is 22.4 Å². The summed E-state index contributed by atoms with van der Waals surface area (Å²) in [5, 5.41) is 10.1. The highest BCUT2D eigenvalue weighted by molar-refractivity contribution is 5.84. The van der Waals surface area contributed by atoms with Gasteiger partial charge in [-0.25, -0.2) is 17.6 Å². The first-order chi connectivity index (χ1) is 13.6. The third-order valence-electron chi connectivity index (χ3n) is 6.44. The quantitative estimate of drug-likeness (QED) is 0.728. The molecule has 3 rings (SSSR count). The Labute approximate surface area is 166 Å². The Kier molecular flexibility index (Phi) is 5.65. The summed E-state index contributed by atoms with van der Waals surface area (Å²) in [6.45, 7) is 4.87. The van der Waals surface area contributed by atoms with Crippen molar-refractivity contribution in [2.75, 3.05) is 6.54 Å². The zero-order valence-corrected chi connectivity index (χ0v) is 16.5. The first-order valence-corrected chi connectivity index (χ1v) is 9.41. The highest BCUT2D eigenvalue weighted by atomic mass is 19.3. The van der Waals surface area contributed by atoms with Crippen LogP contribution in [0.4, 0.5) is 17.6 Å². The predicted molar refractivity (Wildman–Crippen MR) is 100 cm³/mol. The summed E-state index contributed by atoms with van der Waals surface area (Å²) < 4.78 is 53.3. The molecular weight excluding hydrogens is 386 g/mol. The Hall–Kier alpha value is -2.51. The van der Waals surface area contributed by atoms with Crippen molar-refractivity contribution in [3.8, 4) is 11.3 Å². The summed E-state index contributed by atoms with van der Waals surface area (Å²) >= 11 is 0. The zero-order valence-electron chi connectivity index (χ0n) is 16.5.